The van der Waals surface area contributed by atoms with Crippen molar-refractivity contribution in [2.24, 2.45) is 0 Å². The molecule has 0 aliphatic carbocycles. The monoisotopic (exact) mass is 330 g/mol. The van der Waals surface area contributed by atoms with Crippen molar-refractivity contribution in [3.8, 4) is 0 Å². The molecule has 2 aliphatic rings. The van der Waals surface area contributed by atoms with E-state index in [2.05, 4.69) is 26.9 Å². The molecule has 4 heterocycles. The maximum absolute atomic E-state index is 13.0. The van der Waals surface area contributed by atoms with Crippen LogP contribution in [0.25, 0.3) is 5.78 Å². The Kier molecular flexibility index (Phi) is 4.05. The lowest BCUT2D eigenvalue weighted by molar-refractivity contribution is -0.136. The van der Waals surface area contributed by atoms with Gasteiger partial charge in [0.2, 0.25) is 5.91 Å². The van der Waals surface area contributed by atoms with Gasteiger partial charge in [0.15, 0.2) is 0 Å². The fourth-order valence-corrected chi connectivity index (χ4v) is 3.52. The topological polar surface area (TPSA) is 75.9 Å². The summed E-state index contributed by atoms with van der Waals surface area (Å²) in [5, 5.41) is 4.30. The fourth-order valence-electron chi connectivity index (χ4n) is 3.52. The molecule has 1 atom stereocenters. The van der Waals surface area contributed by atoms with Gasteiger partial charge in [-0.05, 0) is 19.3 Å². The van der Waals surface area contributed by atoms with Crippen LogP contribution in [0.15, 0.2) is 12.4 Å². The molecule has 0 bridgehead atoms. The highest BCUT2D eigenvalue weighted by molar-refractivity contribution is 5.86. The second-order valence-corrected chi connectivity index (χ2v) is 6.22. The third-order valence-corrected chi connectivity index (χ3v) is 4.80. The first kappa shape index (κ1) is 15.3. The molecule has 2 aliphatic heterocycles. The minimum atomic E-state index is -0.136. The highest BCUT2D eigenvalue weighted by atomic mass is 16.5. The summed E-state index contributed by atoms with van der Waals surface area (Å²) < 4.78 is 7.10. The Balaban J connectivity index is 1.67. The van der Waals surface area contributed by atoms with Crippen molar-refractivity contribution in [3.05, 3.63) is 18.1 Å². The van der Waals surface area contributed by atoms with E-state index in [0.29, 0.717) is 32.1 Å². The number of aromatic nitrogens is 4. The Morgan fingerprint density at radius 3 is 2.96 bits per heavy atom. The molecule has 8 nitrogen and oxygen atoms in total. The Hall–Kier alpha value is -2.22. The molecule has 1 amide bonds. The number of carbonyl (C=O) groups excluding carboxylic acids is 1. The number of ether oxygens (including phenoxy) is 1. The summed E-state index contributed by atoms with van der Waals surface area (Å²) in [5.74, 6) is 1.70. The molecule has 24 heavy (non-hydrogen) atoms. The Bertz CT molecular complexity index is 739. The van der Waals surface area contributed by atoms with Crippen molar-refractivity contribution in [3.63, 3.8) is 0 Å². The summed E-state index contributed by atoms with van der Waals surface area (Å²) in [6.07, 6.45) is 4.21. The summed E-state index contributed by atoms with van der Waals surface area (Å²) in [6, 6.07) is 1.90. The Morgan fingerprint density at radius 2 is 2.17 bits per heavy atom. The molecule has 0 spiro atoms. The quantitative estimate of drug-likeness (QED) is 0.816. The molecule has 2 aromatic heterocycles. The highest BCUT2D eigenvalue weighted by Crippen LogP contribution is 2.27. The molecule has 0 unspecified atom stereocenters. The second kappa shape index (κ2) is 6.35. The molecule has 0 N–H and O–H groups in total. The van der Waals surface area contributed by atoms with Gasteiger partial charge in [0.1, 0.15) is 18.2 Å². The van der Waals surface area contributed by atoms with E-state index in [0.717, 1.165) is 37.3 Å². The van der Waals surface area contributed by atoms with E-state index >= 15 is 0 Å². The van der Waals surface area contributed by atoms with Crippen LogP contribution in [0.1, 0.15) is 25.5 Å². The third kappa shape index (κ3) is 2.60. The standard InChI is InChI=1S/C16H22N6O2/c1-2-12-10-14(22-16(19-12)17-11-18-22)21-5-3-4-13(21)15(23)20-6-8-24-9-7-20/h10-11,13H,2-9H2,1H3/t13-/m0/s1. The average Bonchev–Trinajstić information content (AvgIpc) is 3.30. The van der Waals surface area contributed by atoms with Gasteiger partial charge in [-0.1, -0.05) is 6.92 Å². The zero-order chi connectivity index (χ0) is 16.5. The molecular weight excluding hydrogens is 308 g/mol. The van der Waals surface area contributed by atoms with Crippen LogP contribution in [-0.2, 0) is 16.0 Å². The molecule has 2 saturated heterocycles. The largest absolute Gasteiger partial charge is 0.378 e. The first-order valence-electron chi connectivity index (χ1n) is 8.60. The van der Waals surface area contributed by atoms with Crippen LogP contribution in [0.3, 0.4) is 0 Å². The third-order valence-electron chi connectivity index (χ3n) is 4.80. The minimum Gasteiger partial charge on any atom is -0.378 e. The van der Waals surface area contributed by atoms with Crippen LogP contribution in [0.4, 0.5) is 5.82 Å². The van der Waals surface area contributed by atoms with E-state index in [4.69, 9.17) is 4.74 Å². The van der Waals surface area contributed by atoms with Gasteiger partial charge >= 0.3 is 0 Å². The van der Waals surface area contributed by atoms with Crippen LogP contribution < -0.4 is 4.90 Å². The molecule has 0 aromatic carbocycles. The van der Waals surface area contributed by atoms with Crippen LogP contribution >= 0.6 is 0 Å². The van der Waals surface area contributed by atoms with Crippen molar-refractivity contribution in [1.82, 2.24) is 24.5 Å². The van der Waals surface area contributed by atoms with Crippen molar-refractivity contribution in [2.75, 3.05) is 37.7 Å². The number of fused-ring (bicyclic) bond motifs is 1. The van der Waals surface area contributed by atoms with Crippen molar-refractivity contribution in [2.45, 2.75) is 32.2 Å². The van der Waals surface area contributed by atoms with E-state index in [-0.39, 0.29) is 11.9 Å². The first-order chi connectivity index (χ1) is 11.8. The minimum absolute atomic E-state index is 0.136. The summed E-state index contributed by atoms with van der Waals surface area (Å²) in [6.45, 7) is 5.53. The number of rotatable bonds is 3. The molecule has 2 aromatic rings. The highest BCUT2D eigenvalue weighted by Gasteiger charge is 2.35. The second-order valence-electron chi connectivity index (χ2n) is 6.22. The number of aryl methyl sites for hydroxylation is 1. The van der Waals surface area contributed by atoms with Crippen molar-refractivity contribution < 1.29 is 9.53 Å². The first-order valence-corrected chi connectivity index (χ1v) is 8.60. The van der Waals surface area contributed by atoms with Crippen molar-refractivity contribution >= 4 is 17.5 Å². The maximum atomic E-state index is 13.0. The normalized spacial score (nSPS) is 21.6. The molecule has 128 valence electrons. The van der Waals surface area contributed by atoms with E-state index in [1.807, 2.05) is 11.0 Å². The van der Waals surface area contributed by atoms with E-state index in [9.17, 15) is 4.79 Å². The molecule has 4 rings (SSSR count). The number of hydrogen-bond acceptors (Lipinski definition) is 6. The SMILES string of the molecule is CCc1cc(N2CCC[C@H]2C(=O)N2CCOCC2)n2ncnc2n1. The number of morpholine rings is 1. The summed E-state index contributed by atoms with van der Waals surface area (Å²) in [5.41, 5.74) is 0.968. The van der Waals surface area contributed by atoms with Crippen molar-refractivity contribution in [1.29, 1.82) is 0 Å². The number of hydrogen-bond donors (Lipinski definition) is 0. The van der Waals surface area contributed by atoms with Gasteiger partial charge in [0, 0.05) is 31.4 Å². The van der Waals surface area contributed by atoms with Crippen LogP contribution in [0, 0.1) is 0 Å². The molecule has 0 radical (unpaired) electrons. The number of anilines is 1. The Morgan fingerprint density at radius 1 is 1.33 bits per heavy atom. The predicted molar refractivity (Wildman–Crippen MR) is 87.9 cm³/mol. The fraction of sp³-hybridized carbons (Fsp3) is 0.625. The van der Waals surface area contributed by atoms with Gasteiger partial charge in [0.25, 0.3) is 5.78 Å². The lowest BCUT2D eigenvalue weighted by Crippen LogP contribution is -2.50. The maximum Gasteiger partial charge on any atom is 0.254 e. The van der Waals surface area contributed by atoms with E-state index in [1.165, 1.54) is 6.33 Å². The number of nitrogens with zero attached hydrogens (tertiary/aromatic N) is 6. The smallest absolute Gasteiger partial charge is 0.254 e. The summed E-state index contributed by atoms with van der Waals surface area (Å²) in [7, 11) is 0. The molecular formula is C16H22N6O2. The molecule has 8 heteroatoms. The number of carbonyl (C=O) groups is 1. The van der Waals surface area contributed by atoms with Gasteiger partial charge in [-0.2, -0.15) is 14.6 Å². The van der Waals surface area contributed by atoms with Crippen LogP contribution in [0.5, 0.6) is 0 Å². The molecule has 0 saturated carbocycles. The zero-order valence-corrected chi connectivity index (χ0v) is 13.9. The Labute approximate surface area is 140 Å². The summed E-state index contributed by atoms with van der Waals surface area (Å²) in [4.78, 5) is 25.8. The van der Waals surface area contributed by atoms with Gasteiger partial charge in [-0.15, -0.1) is 0 Å². The van der Waals surface area contributed by atoms with Gasteiger partial charge in [-0.3, -0.25) is 4.79 Å². The van der Waals surface area contributed by atoms with Gasteiger partial charge < -0.3 is 14.5 Å². The van der Waals surface area contributed by atoms with Crippen LogP contribution in [0.2, 0.25) is 0 Å². The summed E-state index contributed by atoms with van der Waals surface area (Å²) >= 11 is 0. The molecule has 2 fully saturated rings. The lowest BCUT2D eigenvalue weighted by Gasteiger charge is -2.33. The van der Waals surface area contributed by atoms with Gasteiger partial charge in [-0.25, -0.2) is 4.98 Å². The average molecular weight is 330 g/mol. The number of amides is 1. The van der Waals surface area contributed by atoms with E-state index in [1.54, 1.807) is 4.52 Å². The van der Waals surface area contributed by atoms with Crippen LogP contribution in [-0.4, -0.2) is 69.3 Å². The van der Waals surface area contributed by atoms with Gasteiger partial charge in [0.05, 0.1) is 13.2 Å². The zero-order valence-electron chi connectivity index (χ0n) is 13.9. The predicted octanol–water partition coefficient (Wildman–Crippen LogP) is 0.514. The lowest BCUT2D eigenvalue weighted by atomic mass is 10.2. The van der Waals surface area contributed by atoms with E-state index < -0.39 is 0 Å².